The molecular weight excluding hydrogens is 241 g/mol. The molecule has 0 aliphatic carbocycles. The lowest BCUT2D eigenvalue weighted by atomic mass is 9.99. The van der Waals surface area contributed by atoms with Crippen LogP contribution in [-0.2, 0) is 4.79 Å². The van der Waals surface area contributed by atoms with Crippen molar-refractivity contribution in [1.82, 2.24) is 5.32 Å². The fourth-order valence-corrected chi connectivity index (χ4v) is 1.63. The number of carboxylic acids is 1. The minimum absolute atomic E-state index is 0.160. The number of hydrogen-bond donors (Lipinski definition) is 4. The van der Waals surface area contributed by atoms with Crippen molar-refractivity contribution in [2.75, 3.05) is 13.2 Å². The van der Waals surface area contributed by atoms with Gasteiger partial charge in [0.15, 0.2) is 0 Å². The Labute approximate surface area is 104 Å². The molecule has 0 aliphatic heterocycles. The molecule has 0 spiro atoms. The summed E-state index contributed by atoms with van der Waals surface area (Å²) in [7, 11) is 0. The van der Waals surface area contributed by atoms with E-state index in [9.17, 15) is 14.3 Å². The van der Waals surface area contributed by atoms with Crippen LogP contribution in [-0.4, -0.2) is 40.5 Å². The quantitative estimate of drug-likeness (QED) is 0.563. The molecule has 1 aromatic carbocycles. The number of aliphatic carboxylic acids is 1. The van der Waals surface area contributed by atoms with E-state index in [2.05, 4.69) is 5.32 Å². The summed E-state index contributed by atoms with van der Waals surface area (Å²) in [4.78, 5) is 10.7. The van der Waals surface area contributed by atoms with E-state index in [1.54, 1.807) is 0 Å². The van der Waals surface area contributed by atoms with Gasteiger partial charge in [0, 0.05) is 12.6 Å². The first kappa shape index (κ1) is 14.6. The van der Waals surface area contributed by atoms with Gasteiger partial charge in [-0.05, 0) is 17.7 Å². The Morgan fingerprint density at radius 2 is 1.94 bits per heavy atom. The van der Waals surface area contributed by atoms with E-state index in [0.29, 0.717) is 5.56 Å². The highest BCUT2D eigenvalue weighted by Gasteiger charge is 2.22. The highest BCUT2D eigenvalue weighted by Crippen LogP contribution is 2.19. The van der Waals surface area contributed by atoms with Crippen LogP contribution in [0.15, 0.2) is 24.3 Å². The molecule has 6 heteroatoms. The van der Waals surface area contributed by atoms with Gasteiger partial charge in [-0.2, -0.15) is 0 Å². The molecule has 100 valence electrons. The second kappa shape index (κ2) is 7.05. The number of rotatable bonds is 7. The van der Waals surface area contributed by atoms with E-state index >= 15 is 0 Å². The predicted molar refractivity (Wildman–Crippen MR) is 62.5 cm³/mol. The Hall–Kier alpha value is -1.50. The largest absolute Gasteiger partial charge is 0.481 e. The van der Waals surface area contributed by atoms with E-state index < -0.39 is 23.9 Å². The first-order valence-corrected chi connectivity index (χ1v) is 5.54. The Morgan fingerprint density at radius 1 is 1.33 bits per heavy atom. The van der Waals surface area contributed by atoms with Crippen LogP contribution in [0.25, 0.3) is 0 Å². The van der Waals surface area contributed by atoms with Crippen LogP contribution < -0.4 is 5.32 Å². The van der Waals surface area contributed by atoms with E-state index in [-0.39, 0.29) is 19.6 Å². The first-order valence-electron chi connectivity index (χ1n) is 5.54. The molecule has 4 N–H and O–H groups in total. The zero-order valence-electron chi connectivity index (χ0n) is 9.71. The molecular formula is C12H16FNO4. The van der Waals surface area contributed by atoms with Gasteiger partial charge in [-0.25, -0.2) is 4.39 Å². The van der Waals surface area contributed by atoms with Gasteiger partial charge in [0.05, 0.1) is 19.1 Å². The van der Waals surface area contributed by atoms with Gasteiger partial charge in [-0.3, -0.25) is 4.79 Å². The van der Waals surface area contributed by atoms with Gasteiger partial charge >= 0.3 is 5.97 Å². The van der Waals surface area contributed by atoms with Gasteiger partial charge in [-0.15, -0.1) is 0 Å². The molecule has 0 amide bonds. The number of carbonyl (C=O) groups is 1. The van der Waals surface area contributed by atoms with Crippen LogP contribution in [0.4, 0.5) is 4.39 Å². The predicted octanol–water partition coefficient (Wildman–Crippen LogP) is 0.284. The fourth-order valence-electron chi connectivity index (χ4n) is 1.63. The normalized spacial score (nSPS) is 14.2. The summed E-state index contributed by atoms with van der Waals surface area (Å²) in [5.41, 5.74) is 0.424. The van der Waals surface area contributed by atoms with Crippen LogP contribution >= 0.6 is 0 Å². The SMILES string of the molecule is O=C(O)CC(NCCO)C(O)c1ccc(F)cc1. The molecule has 5 nitrogen and oxygen atoms in total. The standard InChI is InChI=1S/C12H16FNO4/c13-9-3-1-8(2-4-9)12(18)10(7-11(16)17)14-5-6-15/h1-4,10,12,14-15,18H,5-7H2,(H,16,17). The third-order valence-electron chi connectivity index (χ3n) is 2.51. The summed E-state index contributed by atoms with van der Waals surface area (Å²) in [5, 5.41) is 30.2. The zero-order valence-corrected chi connectivity index (χ0v) is 9.71. The molecule has 0 aliphatic rings. The van der Waals surface area contributed by atoms with Crippen LogP contribution in [0.2, 0.25) is 0 Å². The van der Waals surface area contributed by atoms with Crippen molar-refractivity contribution >= 4 is 5.97 Å². The van der Waals surface area contributed by atoms with E-state index in [1.165, 1.54) is 24.3 Å². The monoisotopic (exact) mass is 257 g/mol. The maximum atomic E-state index is 12.7. The number of hydrogen-bond acceptors (Lipinski definition) is 4. The van der Waals surface area contributed by atoms with E-state index in [4.69, 9.17) is 10.2 Å². The van der Waals surface area contributed by atoms with Gasteiger partial charge in [0.1, 0.15) is 5.82 Å². The molecule has 0 heterocycles. The number of aliphatic hydroxyl groups is 2. The molecule has 0 aromatic heterocycles. The van der Waals surface area contributed by atoms with Crippen LogP contribution in [0, 0.1) is 5.82 Å². The summed E-state index contributed by atoms with van der Waals surface area (Å²) in [5.74, 6) is -1.49. The molecule has 2 unspecified atom stereocenters. The highest BCUT2D eigenvalue weighted by molar-refractivity contribution is 5.67. The fraction of sp³-hybridized carbons (Fsp3) is 0.417. The Bertz CT molecular complexity index is 382. The molecule has 0 bridgehead atoms. The Kier molecular flexibility index (Phi) is 5.70. The number of nitrogens with one attached hydrogen (secondary N) is 1. The number of carboxylic acid groups (broad SMARTS) is 1. The maximum absolute atomic E-state index is 12.7. The third kappa shape index (κ3) is 4.40. The van der Waals surface area contributed by atoms with Gasteiger partial charge in [-0.1, -0.05) is 12.1 Å². The second-order valence-electron chi connectivity index (χ2n) is 3.88. The molecule has 1 aromatic rings. The summed E-state index contributed by atoms with van der Waals surface area (Å²) >= 11 is 0. The van der Waals surface area contributed by atoms with Gasteiger partial charge in [0.25, 0.3) is 0 Å². The average molecular weight is 257 g/mol. The lowest BCUT2D eigenvalue weighted by molar-refractivity contribution is -0.138. The van der Waals surface area contributed by atoms with Gasteiger partial charge < -0.3 is 20.6 Å². The summed E-state index contributed by atoms with van der Waals surface area (Å²) < 4.78 is 12.7. The second-order valence-corrected chi connectivity index (χ2v) is 3.88. The Balaban J connectivity index is 2.76. The molecule has 0 radical (unpaired) electrons. The van der Waals surface area contributed by atoms with Crippen molar-refractivity contribution in [3.8, 4) is 0 Å². The lowest BCUT2D eigenvalue weighted by Gasteiger charge is -2.22. The maximum Gasteiger partial charge on any atom is 0.305 e. The molecule has 0 saturated carbocycles. The average Bonchev–Trinajstić information content (AvgIpc) is 2.34. The van der Waals surface area contributed by atoms with E-state index in [1.807, 2.05) is 0 Å². The van der Waals surface area contributed by atoms with E-state index in [0.717, 1.165) is 0 Å². The molecule has 2 atom stereocenters. The van der Waals surface area contributed by atoms with Crippen LogP contribution in [0.1, 0.15) is 18.1 Å². The van der Waals surface area contributed by atoms with Crippen molar-refractivity contribution in [3.05, 3.63) is 35.6 Å². The number of benzene rings is 1. The summed E-state index contributed by atoms with van der Waals surface area (Å²) in [6, 6.07) is 4.45. The highest BCUT2D eigenvalue weighted by atomic mass is 19.1. The van der Waals surface area contributed by atoms with Crippen molar-refractivity contribution in [3.63, 3.8) is 0 Å². The lowest BCUT2D eigenvalue weighted by Crippen LogP contribution is -2.38. The van der Waals surface area contributed by atoms with Crippen LogP contribution in [0.5, 0.6) is 0 Å². The topological polar surface area (TPSA) is 89.8 Å². The minimum Gasteiger partial charge on any atom is -0.481 e. The third-order valence-corrected chi connectivity index (χ3v) is 2.51. The summed E-state index contributed by atoms with van der Waals surface area (Å²) in [6.45, 7) is 0.0163. The summed E-state index contributed by atoms with van der Waals surface area (Å²) in [6.07, 6.45) is -1.37. The molecule has 18 heavy (non-hydrogen) atoms. The minimum atomic E-state index is -1.08. The Morgan fingerprint density at radius 3 is 2.44 bits per heavy atom. The molecule has 0 saturated heterocycles. The molecule has 1 rings (SSSR count). The van der Waals surface area contributed by atoms with Gasteiger partial charge in [0.2, 0.25) is 0 Å². The van der Waals surface area contributed by atoms with Crippen molar-refractivity contribution in [2.45, 2.75) is 18.6 Å². The first-order chi connectivity index (χ1) is 8.54. The number of halogens is 1. The van der Waals surface area contributed by atoms with Crippen molar-refractivity contribution in [1.29, 1.82) is 0 Å². The zero-order chi connectivity index (χ0) is 13.5. The van der Waals surface area contributed by atoms with Crippen molar-refractivity contribution < 1.29 is 24.5 Å². The number of aliphatic hydroxyl groups excluding tert-OH is 2. The molecule has 0 fully saturated rings. The van der Waals surface area contributed by atoms with Crippen molar-refractivity contribution in [2.24, 2.45) is 0 Å². The smallest absolute Gasteiger partial charge is 0.305 e. The van der Waals surface area contributed by atoms with Crippen LogP contribution in [0.3, 0.4) is 0 Å².